The summed E-state index contributed by atoms with van der Waals surface area (Å²) < 4.78 is 0. The summed E-state index contributed by atoms with van der Waals surface area (Å²) in [5, 5.41) is 20.9. The quantitative estimate of drug-likeness (QED) is 0.699. The SMILES string of the molecule is Cl.O=C(NCC1(O)CCNC1)Nc1cccc2ccccc12. The second-order valence-electron chi connectivity index (χ2n) is 5.49. The Morgan fingerprint density at radius 3 is 2.77 bits per heavy atom. The predicted octanol–water partition coefficient (Wildman–Crippen LogP) is 2.11. The molecule has 0 saturated carbocycles. The lowest BCUT2D eigenvalue weighted by atomic mass is 10.0. The monoisotopic (exact) mass is 321 g/mol. The zero-order valence-corrected chi connectivity index (χ0v) is 13.0. The van der Waals surface area contributed by atoms with E-state index in [0.29, 0.717) is 13.0 Å². The van der Waals surface area contributed by atoms with Crippen LogP contribution in [-0.2, 0) is 0 Å². The molecule has 0 aromatic heterocycles. The fourth-order valence-corrected chi connectivity index (χ4v) is 2.63. The lowest BCUT2D eigenvalue weighted by Gasteiger charge is -2.21. The van der Waals surface area contributed by atoms with Crippen molar-refractivity contribution in [2.24, 2.45) is 0 Å². The van der Waals surface area contributed by atoms with Crippen LogP contribution in [-0.4, -0.2) is 36.4 Å². The molecule has 2 amide bonds. The molecule has 0 bridgehead atoms. The molecular weight excluding hydrogens is 302 g/mol. The summed E-state index contributed by atoms with van der Waals surface area (Å²) in [7, 11) is 0. The highest BCUT2D eigenvalue weighted by Crippen LogP contribution is 2.22. The maximum Gasteiger partial charge on any atom is 0.319 e. The largest absolute Gasteiger partial charge is 0.387 e. The van der Waals surface area contributed by atoms with Crippen molar-refractivity contribution in [1.29, 1.82) is 0 Å². The van der Waals surface area contributed by atoms with Gasteiger partial charge >= 0.3 is 6.03 Å². The standard InChI is InChI=1S/C16H19N3O2.ClH/c20-15(18-11-16(21)8-9-17-10-16)19-14-7-3-5-12-4-1-2-6-13(12)14;/h1-7,17,21H,8-11H2,(H2,18,19,20);1H. The predicted molar refractivity (Wildman–Crippen MR) is 90.7 cm³/mol. The lowest BCUT2D eigenvalue weighted by molar-refractivity contribution is 0.0640. The summed E-state index contributed by atoms with van der Waals surface area (Å²) in [5.74, 6) is 0. The Balaban J connectivity index is 0.00000176. The van der Waals surface area contributed by atoms with Crippen molar-refractivity contribution in [3.05, 3.63) is 42.5 Å². The number of halogens is 1. The molecule has 1 unspecified atom stereocenters. The van der Waals surface area contributed by atoms with Gasteiger partial charge in [-0.15, -0.1) is 12.4 Å². The number of aliphatic hydroxyl groups is 1. The van der Waals surface area contributed by atoms with Crippen LogP contribution in [0, 0.1) is 0 Å². The molecule has 118 valence electrons. The number of rotatable bonds is 3. The molecule has 1 aliphatic rings. The van der Waals surface area contributed by atoms with Gasteiger partial charge in [0.1, 0.15) is 0 Å². The highest BCUT2D eigenvalue weighted by molar-refractivity contribution is 6.01. The second kappa shape index (κ2) is 6.96. The molecule has 2 aromatic rings. The topological polar surface area (TPSA) is 73.4 Å². The molecule has 2 aromatic carbocycles. The summed E-state index contributed by atoms with van der Waals surface area (Å²) >= 11 is 0. The minimum absolute atomic E-state index is 0. The Hall–Kier alpha value is -1.82. The number of hydrogen-bond acceptors (Lipinski definition) is 3. The van der Waals surface area contributed by atoms with E-state index in [-0.39, 0.29) is 25.0 Å². The average molecular weight is 322 g/mol. The zero-order chi connectivity index (χ0) is 14.7. The number of amides is 2. The van der Waals surface area contributed by atoms with Crippen molar-refractivity contribution in [1.82, 2.24) is 10.6 Å². The van der Waals surface area contributed by atoms with Crippen molar-refractivity contribution in [2.45, 2.75) is 12.0 Å². The van der Waals surface area contributed by atoms with E-state index in [2.05, 4.69) is 16.0 Å². The number of urea groups is 1. The first kappa shape index (κ1) is 16.5. The zero-order valence-electron chi connectivity index (χ0n) is 12.1. The Morgan fingerprint density at radius 1 is 1.23 bits per heavy atom. The lowest BCUT2D eigenvalue weighted by Crippen LogP contribution is -2.45. The van der Waals surface area contributed by atoms with Crippen LogP contribution in [0.5, 0.6) is 0 Å². The molecule has 1 fully saturated rings. The van der Waals surface area contributed by atoms with Gasteiger partial charge in [-0.05, 0) is 24.4 Å². The van der Waals surface area contributed by atoms with Crippen LogP contribution in [0.1, 0.15) is 6.42 Å². The van der Waals surface area contributed by atoms with Gasteiger partial charge in [-0.2, -0.15) is 0 Å². The van der Waals surface area contributed by atoms with Gasteiger partial charge in [0.2, 0.25) is 0 Å². The Bertz CT molecular complexity index is 651. The van der Waals surface area contributed by atoms with Crippen LogP contribution in [0.3, 0.4) is 0 Å². The first-order valence-corrected chi connectivity index (χ1v) is 7.12. The van der Waals surface area contributed by atoms with Gasteiger partial charge in [-0.25, -0.2) is 4.79 Å². The summed E-state index contributed by atoms with van der Waals surface area (Å²) in [6, 6.07) is 13.4. The van der Waals surface area contributed by atoms with Crippen LogP contribution >= 0.6 is 12.4 Å². The molecule has 6 heteroatoms. The average Bonchev–Trinajstić information content (AvgIpc) is 2.93. The number of carbonyl (C=O) groups excluding carboxylic acids is 1. The number of benzene rings is 2. The van der Waals surface area contributed by atoms with Crippen LogP contribution < -0.4 is 16.0 Å². The van der Waals surface area contributed by atoms with E-state index in [0.717, 1.165) is 23.0 Å². The number of hydrogen-bond donors (Lipinski definition) is 4. The van der Waals surface area contributed by atoms with E-state index < -0.39 is 5.60 Å². The van der Waals surface area contributed by atoms with Gasteiger partial charge in [0.25, 0.3) is 0 Å². The van der Waals surface area contributed by atoms with Gasteiger partial charge in [-0.1, -0.05) is 36.4 Å². The fourth-order valence-electron chi connectivity index (χ4n) is 2.63. The van der Waals surface area contributed by atoms with Gasteiger partial charge in [0.15, 0.2) is 0 Å². The summed E-state index contributed by atoms with van der Waals surface area (Å²) in [6.45, 7) is 1.54. The molecule has 4 N–H and O–H groups in total. The van der Waals surface area contributed by atoms with Crippen LogP contribution in [0.4, 0.5) is 10.5 Å². The fraction of sp³-hybridized carbons (Fsp3) is 0.312. The van der Waals surface area contributed by atoms with Crippen molar-refractivity contribution >= 4 is 34.9 Å². The number of β-amino-alcohol motifs (C(OH)–C–C–N with tert-alkyl or cyclic N) is 1. The number of anilines is 1. The Kier molecular flexibility index (Phi) is 5.24. The smallest absolute Gasteiger partial charge is 0.319 e. The molecule has 0 radical (unpaired) electrons. The van der Waals surface area contributed by atoms with E-state index >= 15 is 0 Å². The van der Waals surface area contributed by atoms with Crippen molar-refractivity contribution in [3.63, 3.8) is 0 Å². The third kappa shape index (κ3) is 3.68. The van der Waals surface area contributed by atoms with E-state index in [1.165, 1.54) is 0 Å². The number of carbonyl (C=O) groups is 1. The summed E-state index contributed by atoms with van der Waals surface area (Å²) in [4.78, 5) is 12.0. The van der Waals surface area contributed by atoms with Crippen LogP contribution in [0.2, 0.25) is 0 Å². The highest BCUT2D eigenvalue weighted by atomic mass is 35.5. The molecule has 1 atom stereocenters. The van der Waals surface area contributed by atoms with E-state index in [1.807, 2.05) is 42.5 Å². The van der Waals surface area contributed by atoms with Gasteiger partial charge in [0, 0.05) is 18.5 Å². The minimum atomic E-state index is -0.837. The number of nitrogens with one attached hydrogen (secondary N) is 3. The second-order valence-corrected chi connectivity index (χ2v) is 5.49. The molecule has 1 heterocycles. The molecule has 3 rings (SSSR count). The maximum atomic E-state index is 12.0. The highest BCUT2D eigenvalue weighted by Gasteiger charge is 2.31. The summed E-state index contributed by atoms with van der Waals surface area (Å²) in [6.07, 6.45) is 0.654. The Labute approximate surface area is 135 Å². The van der Waals surface area contributed by atoms with Crippen LogP contribution in [0.25, 0.3) is 10.8 Å². The van der Waals surface area contributed by atoms with Gasteiger partial charge < -0.3 is 21.1 Å². The van der Waals surface area contributed by atoms with Gasteiger partial charge in [-0.3, -0.25) is 0 Å². The maximum absolute atomic E-state index is 12.0. The van der Waals surface area contributed by atoms with Crippen molar-refractivity contribution < 1.29 is 9.90 Å². The van der Waals surface area contributed by atoms with E-state index in [9.17, 15) is 9.90 Å². The van der Waals surface area contributed by atoms with Crippen molar-refractivity contribution in [2.75, 3.05) is 25.0 Å². The number of fused-ring (bicyclic) bond motifs is 1. The van der Waals surface area contributed by atoms with Gasteiger partial charge in [0.05, 0.1) is 11.3 Å². The first-order valence-electron chi connectivity index (χ1n) is 7.12. The third-order valence-corrected chi connectivity index (χ3v) is 3.84. The normalized spacial score (nSPS) is 20.4. The Morgan fingerprint density at radius 2 is 2.00 bits per heavy atom. The van der Waals surface area contributed by atoms with E-state index in [1.54, 1.807) is 0 Å². The molecule has 0 aliphatic carbocycles. The molecule has 1 saturated heterocycles. The van der Waals surface area contributed by atoms with Crippen molar-refractivity contribution in [3.8, 4) is 0 Å². The third-order valence-electron chi connectivity index (χ3n) is 3.84. The van der Waals surface area contributed by atoms with E-state index in [4.69, 9.17) is 0 Å². The van der Waals surface area contributed by atoms with Crippen LogP contribution in [0.15, 0.2) is 42.5 Å². The molecule has 0 spiro atoms. The molecule has 5 nitrogen and oxygen atoms in total. The molecule has 1 aliphatic heterocycles. The molecule has 22 heavy (non-hydrogen) atoms. The first-order chi connectivity index (χ1) is 10.2. The molecular formula is C16H20ClN3O2. The summed E-state index contributed by atoms with van der Waals surface area (Å²) in [5.41, 5.74) is -0.0713. The minimum Gasteiger partial charge on any atom is -0.387 e.